The molecule has 3 nitrogen and oxygen atoms in total. The van der Waals surface area contributed by atoms with Gasteiger partial charge in [-0.1, -0.05) is 13.8 Å². The summed E-state index contributed by atoms with van der Waals surface area (Å²) in [4.78, 5) is 8.80. The minimum Gasteiger partial charge on any atom is -0.317 e. The molecule has 1 aliphatic rings. The van der Waals surface area contributed by atoms with Crippen molar-refractivity contribution in [3.63, 3.8) is 0 Å². The maximum atomic E-state index is 4.48. The molecular weight excluding hydrogens is 186 g/mol. The maximum absolute atomic E-state index is 4.48. The van der Waals surface area contributed by atoms with Crippen LogP contribution in [0.15, 0.2) is 12.4 Å². The molecule has 3 heteroatoms. The van der Waals surface area contributed by atoms with Crippen LogP contribution in [0.2, 0.25) is 0 Å². The van der Waals surface area contributed by atoms with E-state index < -0.39 is 0 Å². The van der Waals surface area contributed by atoms with Crippen LogP contribution >= 0.6 is 0 Å². The van der Waals surface area contributed by atoms with Crippen molar-refractivity contribution in [3.8, 4) is 0 Å². The summed E-state index contributed by atoms with van der Waals surface area (Å²) >= 11 is 0. The number of aryl methyl sites for hydroxylation is 1. The second-order valence-corrected chi connectivity index (χ2v) is 4.62. The molecule has 15 heavy (non-hydrogen) atoms. The van der Waals surface area contributed by atoms with Crippen LogP contribution in [0, 0.1) is 12.8 Å². The Kier molecular flexibility index (Phi) is 2.74. The van der Waals surface area contributed by atoms with Gasteiger partial charge in [-0.2, -0.15) is 0 Å². The third-order valence-electron chi connectivity index (χ3n) is 3.47. The number of aromatic nitrogens is 2. The molecule has 0 aromatic carbocycles. The average molecular weight is 205 g/mol. The summed E-state index contributed by atoms with van der Waals surface area (Å²) in [6.45, 7) is 8.64. The zero-order valence-electron chi connectivity index (χ0n) is 9.75. The largest absolute Gasteiger partial charge is 0.317 e. The summed E-state index contributed by atoms with van der Waals surface area (Å²) in [5.41, 5.74) is 2.53. The van der Waals surface area contributed by atoms with Crippen molar-refractivity contribution in [2.24, 2.45) is 5.92 Å². The standard InChI is InChI=1S/C12H19N3/c1-4-13-8-10-7-12(10,3)11-9(2)14-5-6-15-11/h5-6,10,13H,4,7-8H2,1-3H3. The lowest BCUT2D eigenvalue weighted by atomic mass is 9.99. The molecule has 0 saturated heterocycles. The molecule has 0 amide bonds. The lowest BCUT2D eigenvalue weighted by Gasteiger charge is -2.12. The van der Waals surface area contributed by atoms with E-state index in [9.17, 15) is 0 Å². The maximum Gasteiger partial charge on any atom is 0.0678 e. The monoisotopic (exact) mass is 205 g/mol. The van der Waals surface area contributed by atoms with Gasteiger partial charge in [0.25, 0.3) is 0 Å². The highest BCUT2D eigenvalue weighted by Crippen LogP contribution is 2.53. The molecule has 2 unspecified atom stereocenters. The van der Waals surface area contributed by atoms with E-state index >= 15 is 0 Å². The zero-order chi connectivity index (χ0) is 10.9. The van der Waals surface area contributed by atoms with Crippen LogP contribution in [0.1, 0.15) is 31.7 Å². The van der Waals surface area contributed by atoms with E-state index in [2.05, 4.69) is 36.1 Å². The summed E-state index contributed by atoms with van der Waals surface area (Å²) < 4.78 is 0. The summed E-state index contributed by atoms with van der Waals surface area (Å²) in [7, 11) is 0. The fraction of sp³-hybridized carbons (Fsp3) is 0.667. The molecule has 2 rings (SSSR count). The Hall–Kier alpha value is -0.960. The molecule has 1 fully saturated rings. The van der Waals surface area contributed by atoms with Crippen LogP contribution in [0.4, 0.5) is 0 Å². The van der Waals surface area contributed by atoms with Gasteiger partial charge in [0, 0.05) is 17.8 Å². The van der Waals surface area contributed by atoms with Crippen molar-refractivity contribution < 1.29 is 0 Å². The molecule has 0 radical (unpaired) electrons. The number of rotatable bonds is 4. The van der Waals surface area contributed by atoms with E-state index in [1.54, 1.807) is 12.4 Å². The van der Waals surface area contributed by atoms with E-state index in [0.717, 1.165) is 24.7 Å². The summed E-state index contributed by atoms with van der Waals surface area (Å²) in [5, 5.41) is 3.41. The quantitative estimate of drug-likeness (QED) is 0.812. The Morgan fingerprint density at radius 1 is 1.47 bits per heavy atom. The van der Waals surface area contributed by atoms with Gasteiger partial charge in [0.05, 0.1) is 11.4 Å². The fourth-order valence-electron chi connectivity index (χ4n) is 2.33. The number of nitrogens with zero attached hydrogens (tertiary/aromatic N) is 2. The Bertz CT molecular complexity index is 350. The smallest absolute Gasteiger partial charge is 0.0678 e. The Morgan fingerprint density at radius 2 is 2.20 bits per heavy atom. The molecule has 1 N–H and O–H groups in total. The minimum absolute atomic E-state index is 0.264. The van der Waals surface area contributed by atoms with E-state index in [0.29, 0.717) is 0 Å². The first-order valence-electron chi connectivity index (χ1n) is 5.67. The zero-order valence-corrected chi connectivity index (χ0v) is 9.75. The molecule has 0 bridgehead atoms. The van der Waals surface area contributed by atoms with Gasteiger partial charge in [-0.3, -0.25) is 9.97 Å². The Labute approximate surface area is 91.3 Å². The lowest BCUT2D eigenvalue weighted by Crippen LogP contribution is -2.20. The number of hydrogen-bond acceptors (Lipinski definition) is 3. The highest BCUT2D eigenvalue weighted by Gasteiger charge is 2.52. The molecule has 1 aromatic heterocycles. The van der Waals surface area contributed by atoms with Crippen molar-refractivity contribution in [1.29, 1.82) is 0 Å². The fourth-order valence-corrected chi connectivity index (χ4v) is 2.33. The molecular formula is C12H19N3. The molecule has 2 atom stereocenters. The minimum atomic E-state index is 0.264. The second-order valence-electron chi connectivity index (χ2n) is 4.62. The predicted octanol–water partition coefficient (Wildman–Crippen LogP) is 1.67. The van der Waals surface area contributed by atoms with Crippen LogP contribution in [0.25, 0.3) is 0 Å². The van der Waals surface area contributed by atoms with E-state index in [4.69, 9.17) is 0 Å². The highest BCUT2D eigenvalue weighted by atomic mass is 14.9. The van der Waals surface area contributed by atoms with Crippen molar-refractivity contribution in [2.45, 2.75) is 32.6 Å². The predicted molar refractivity (Wildman–Crippen MR) is 60.8 cm³/mol. The van der Waals surface area contributed by atoms with E-state index in [1.807, 2.05) is 0 Å². The topological polar surface area (TPSA) is 37.8 Å². The molecule has 1 aliphatic carbocycles. The molecule has 0 spiro atoms. The third-order valence-corrected chi connectivity index (χ3v) is 3.47. The van der Waals surface area contributed by atoms with Gasteiger partial charge >= 0.3 is 0 Å². The Morgan fingerprint density at radius 3 is 2.87 bits per heavy atom. The second kappa shape index (κ2) is 3.89. The van der Waals surface area contributed by atoms with Crippen LogP contribution in [-0.2, 0) is 5.41 Å². The average Bonchev–Trinajstić information content (AvgIpc) is 2.88. The normalized spacial score (nSPS) is 29.1. The van der Waals surface area contributed by atoms with Gasteiger partial charge in [0.1, 0.15) is 0 Å². The van der Waals surface area contributed by atoms with Crippen molar-refractivity contribution in [3.05, 3.63) is 23.8 Å². The molecule has 1 saturated carbocycles. The van der Waals surface area contributed by atoms with Gasteiger partial charge in [-0.05, 0) is 32.4 Å². The SMILES string of the molecule is CCNCC1CC1(C)c1nccnc1C. The van der Waals surface area contributed by atoms with Crippen LogP contribution < -0.4 is 5.32 Å². The first-order chi connectivity index (χ1) is 7.18. The molecule has 82 valence electrons. The van der Waals surface area contributed by atoms with Gasteiger partial charge in [0.2, 0.25) is 0 Å². The van der Waals surface area contributed by atoms with Gasteiger partial charge in [-0.15, -0.1) is 0 Å². The summed E-state index contributed by atoms with van der Waals surface area (Å²) in [6, 6.07) is 0. The van der Waals surface area contributed by atoms with Crippen molar-refractivity contribution in [1.82, 2.24) is 15.3 Å². The van der Waals surface area contributed by atoms with Gasteiger partial charge in [-0.25, -0.2) is 0 Å². The lowest BCUT2D eigenvalue weighted by molar-refractivity contribution is 0.577. The van der Waals surface area contributed by atoms with Crippen LogP contribution in [0.3, 0.4) is 0 Å². The van der Waals surface area contributed by atoms with Crippen molar-refractivity contribution >= 4 is 0 Å². The number of nitrogens with one attached hydrogen (secondary N) is 1. The van der Waals surface area contributed by atoms with Gasteiger partial charge in [0.15, 0.2) is 0 Å². The van der Waals surface area contributed by atoms with Crippen molar-refractivity contribution in [2.75, 3.05) is 13.1 Å². The molecule has 0 aliphatic heterocycles. The first kappa shape index (κ1) is 10.6. The van der Waals surface area contributed by atoms with E-state index in [-0.39, 0.29) is 5.41 Å². The summed E-state index contributed by atoms with van der Waals surface area (Å²) in [5.74, 6) is 0.729. The first-order valence-corrected chi connectivity index (χ1v) is 5.67. The van der Waals surface area contributed by atoms with E-state index in [1.165, 1.54) is 12.1 Å². The van der Waals surface area contributed by atoms with Gasteiger partial charge < -0.3 is 5.32 Å². The molecule has 1 aromatic rings. The number of hydrogen-bond donors (Lipinski definition) is 1. The van der Waals surface area contributed by atoms with Crippen LogP contribution in [-0.4, -0.2) is 23.1 Å². The molecule has 1 heterocycles. The third kappa shape index (κ3) is 1.88. The highest BCUT2D eigenvalue weighted by molar-refractivity contribution is 5.29. The summed E-state index contributed by atoms with van der Waals surface area (Å²) in [6.07, 6.45) is 4.81. The van der Waals surface area contributed by atoms with Crippen LogP contribution in [0.5, 0.6) is 0 Å². The Balaban J connectivity index is 2.10.